The summed E-state index contributed by atoms with van der Waals surface area (Å²) in [6, 6.07) is 20.0. The molecule has 0 fully saturated rings. The van der Waals surface area contributed by atoms with Gasteiger partial charge >= 0.3 is 6.09 Å². The first kappa shape index (κ1) is 19.5. The zero-order chi connectivity index (χ0) is 20.1. The van der Waals surface area contributed by atoms with E-state index < -0.39 is 6.09 Å². The molecule has 0 saturated carbocycles. The van der Waals surface area contributed by atoms with Crippen molar-refractivity contribution >= 4 is 32.4 Å². The van der Waals surface area contributed by atoms with Crippen LogP contribution < -0.4 is 10.1 Å². The van der Waals surface area contributed by atoms with Crippen molar-refractivity contribution in [2.45, 2.75) is 13.8 Å². The van der Waals surface area contributed by atoms with Crippen LogP contribution in [0.2, 0.25) is 0 Å². The summed E-state index contributed by atoms with van der Waals surface area (Å²) in [6.45, 7) is 3.61. The van der Waals surface area contributed by atoms with E-state index in [1.54, 1.807) is 41.9 Å². The summed E-state index contributed by atoms with van der Waals surface area (Å²) in [5.74, 6) is 0.898. The summed E-state index contributed by atoms with van der Waals surface area (Å²) in [7, 11) is 2.60. The Hall–Kier alpha value is -3.24. The van der Waals surface area contributed by atoms with Crippen molar-refractivity contribution in [3.8, 4) is 11.4 Å². The van der Waals surface area contributed by atoms with E-state index in [2.05, 4.69) is 19.7 Å². The third kappa shape index (κ3) is 4.53. The van der Waals surface area contributed by atoms with E-state index in [0.717, 1.165) is 11.0 Å². The summed E-state index contributed by atoms with van der Waals surface area (Å²) < 4.78 is 6.95. The zero-order valence-corrected chi connectivity index (χ0v) is 16.8. The van der Waals surface area contributed by atoms with Crippen LogP contribution in [0.25, 0.3) is 11.3 Å². The van der Waals surface area contributed by atoms with E-state index in [1.807, 2.05) is 43.3 Å². The number of allylic oxidation sites excluding steroid dienone is 2. The molecule has 3 aromatic rings. The van der Waals surface area contributed by atoms with Gasteiger partial charge in [0, 0.05) is 17.4 Å². The van der Waals surface area contributed by atoms with Crippen molar-refractivity contribution in [1.82, 2.24) is 9.78 Å². The van der Waals surface area contributed by atoms with Gasteiger partial charge in [0.05, 0.1) is 11.4 Å². The van der Waals surface area contributed by atoms with Crippen LogP contribution in [0.4, 0.5) is 10.6 Å². The molecule has 1 amide bonds. The Balaban J connectivity index is 1.98. The summed E-state index contributed by atoms with van der Waals surface area (Å²) in [5.41, 5.74) is 2.48. The number of benzene rings is 2. The topological polar surface area (TPSA) is 80.0 Å². The van der Waals surface area contributed by atoms with Crippen molar-refractivity contribution in [3.63, 3.8) is 0 Å². The number of anilines is 1. The molecule has 0 aliphatic rings. The third-order valence-corrected chi connectivity index (χ3v) is 4.21. The minimum atomic E-state index is -0.616. The van der Waals surface area contributed by atoms with Crippen molar-refractivity contribution in [3.05, 3.63) is 77.7 Å². The van der Waals surface area contributed by atoms with Gasteiger partial charge in [0.1, 0.15) is 11.6 Å². The van der Waals surface area contributed by atoms with E-state index >= 15 is 0 Å². The van der Waals surface area contributed by atoms with Crippen molar-refractivity contribution < 1.29 is 9.53 Å². The summed E-state index contributed by atoms with van der Waals surface area (Å²) in [4.78, 5) is 12.4. The molecular weight excluding hydrogens is 371 g/mol. The van der Waals surface area contributed by atoms with Gasteiger partial charge in [-0.1, -0.05) is 36.4 Å². The number of nitrogens with zero attached hydrogens (tertiary/aromatic N) is 2. The minimum Gasteiger partial charge on any atom is -0.410 e. The lowest BCUT2D eigenvalue weighted by molar-refractivity contribution is 0.215. The number of aromatic nitrogens is 2. The molecule has 1 aromatic heterocycles. The predicted molar refractivity (Wildman–Crippen MR) is 115 cm³/mol. The van der Waals surface area contributed by atoms with E-state index in [4.69, 9.17) is 10.1 Å². The van der Waals surface area contributed by atoms with Gasteiger partial charge in [-0.2, -0.15) is 5.10 Å². The first-order chi connectivity index (χ1) is 13.5. The molecule has 2 N–H and O–H groups in total. The van der Waals surface area contributed by atoms with E-state index in [0.29, 0.717) is 28.5 Å². The molecule has 0 saturated heterocycles. The van der Waals surface area contributed by atoms with Gasteiger partial charge in [-0.05, 0) is 43.4 Å². The first-order valence-corrected chi connectivity index (χ1v) is 9.25. The smallest absolute Gasteiger partial charge is 0.410 e. The van der Waals surface area contributed by atoms with Crippen LogP contribution in [-0.4, -0.2) is 21.6 Å². The lowest BCUT2D eigenvalue weighted by atomic mass is 10.1. The monoisotopic (exact) mass is 392 g/mol. The number of nitrogens with one attached hydrogen (secondary N) is 2. The third-order valence-electron chi connectivity index (χ3n) is 3.92. The standard InChI is InChI=1S/C21H21N4O2P/c1-14(22)20(15(2)28)18-13-19(25(24-18)16-9-5-3-6-10-16)23-21(26)27-17-11-7-4-8-12-17/h3-13,22H,28H2,1-2H3,(H,23,26)/b20-15+,22-14?. The number of ether oxygens (including phenoxy) is 1. The van der Waals surface area contributed by atoms with Crippen LogP contribution in [0.15, 0.2) is 72.0 Å². The highest BCUT2D eigenvalue weighted by molar-refractivity contribution is 7.23. The summed E-state index contributed by atoms with van der Waals surface area (Å²) in [5, 5.41) is 16.3. The largest absolute Gasteiger partial charge is 0.418 e. The fourth-order valence-corrected chi connectivity index (χ4v) is 3.14. The quantitative estimate of drug-likeness (QED) is 0.467. The second kappa shape index (κ2) is 8.63. The van der Waals surface area contributed by atoms with Crippen LogP contribution in [0, 0.1) is 5.41 Å². The average molecular weight is 392 g/mol. The first-order valence-electron chi connectivity index (χ1n) is 8.67. The molecule has 2 aromatic carbocycles. The molecule has 0 radical (unpaired) electrons. The highest BCUT2D eigenvalue weighted by atomic mass is 31.0. The summed E-state index contributed by atoms with van der Waals surface area (Å²) in [6.07, 6.45) is -0.616. The molecule has 0 aliphatic carbocycles. The maximum absolute atomic E-state index is 12.4. The Kier molecular flexibility index (Phi) is 6.02. The SMILES string of the molecule is CC(=N)/C(=C(/C)P)c1cc(NC(=O)Oc2ccccc2)n(-c2ccccc2)n1. The van der Waals surface area contributed by atoms with Crippen molar-refractivity contribution in [1.29, 1.82) is 5.41 Å². The number of rotatable bonds is 5. The van der Waals surface area contributed by atoms with Gasteiger partial charge in [0.15, 0.2) is 0 Å². The van der Waals surface area contributed by atoms with Crippen molar-refractivity contribution in [2.24, 2.45) is 0 Å². The number of hydrogen-bond donors (Lipinski definition) is 2. The van der Waals surface area contributed by atoms with E-state index in [9.17, 15) is 4.79 Å². The van der Waals surface area contributed by atoms with E-state index in [-0.39, 0.29) is 0 Å². The highest BCUT2D eigenvalue weighted by Gasteiger charge is 2.17. The molecule has 0 spiro atoms. The Labute approximate surface area is 165 Å². The molecular formula is C21H21N4O2P. The van der Waals surface area contributed by atoms with E-state index in [1.165, 1.54) is 0 Å². The minimum absolute atomic E-state index is 0.392. The Bertz CT molecular complexity index is 1020. The van der Waals surface area contributed by atoms with Crippen LogP contribution in [0.3, 0.4) is 0 Å². The zero-order valence-electron chi connectivity index (χ0n) is 15.6. The van der Waals surface area contributed by atoms with Gasteiger partial charge in [-0.25, -0.2) is 9.48 Å². The Morgan fingerprint density at radius 2 is 1.68 bits per heavy atom. The number of hydrogen-bond acceptors (Lipinski definition) is 4. The maximum atomic E-state index is 12.4. The predicted octanol–water partition coefficient (Wildman–Crippen LogP) is 5.13. The van der Waals surface area contributed by atoms with Gasteiger partial charge in [-0.15, -0.1) is 9.24 Å². The number of amides is 1. The molecule has 0 aliphatic heterocycles. The molecule has 7 heteroatoms. The fourth-order valence-electron chi connectivity index (χ4n) is 2.77. The van der Waals surface area contributed by atoms with Gasteiger partial charge in [0.25, 0.3) is 0 Å². The number of carbonyl (C=O) groups is 1. The highest BCUT2D eigenvalue weighted by Crippen LogP contribution is 2.27. The molecule has 1 heterocycles. The molecule has 1 atom stereocenters. The second-order valence-electron chi connectivity index (χ2n) is 6.17. The number of carbonyl (C=O) groups excluding carboxylic acids is 1. The average Bonchev–Trinajstić information content (AvgIpc) is 3.05. The molecule has 3 rings (SSSR count). The Morgan fingerprint density at radius 1 is 1.07 bits per heavy atom. The Morgan fingerprint density at radius 3 is 2.25 bits per heavy atom. The van der Waals surface area contributed by atoms with Gasteiger partial charge in [0.2, 0.25) is 0 Å². The van der Waals surface area contributed by atoms with Crippen LogP contribution in [0.5, 0.6) is 5.75 Å². The number of para-hydroxylation sites is 2. The van der Waals surface area contributed by atoms with Gasteiger partial charge < -0.3 is 10.1 Å². The molecule has 1 unspecified atom stereocenters. The van der Waals surface area contributed by atoms with Gasteiger partial charge in [-0.3, -0.25) is 5.32 Å². The van der Waals surface area contributed by atoms with Crippen LogP contribution in [-0.2, 0) is 0 Å². The second-order valence-corrected chi connectivity index (χ2v) is 7.04. The normalized spacial score (nSPS) is 11.5. The summed E-state index contributed by atoms with van der Waals surface area (Å²) >= 11 is 0. The maximum Gasteiger partial charge on any atom is 0.418 e. The lowest BCUT2D eigenvalue weighted by Crippen LogP contribution is -2.19. The molecule has 0 bridgehead atoms. The molecule has 142 valence electrons. The molecule has 28 heavy (non-hydrogen) atoms. The van der Waals surface area contributed by atoms with Crippen LogP contribution >= 0.6 is 9.24 Å². The lowest BCUT2D eigenvalue weighted by Gasteiger charge is -2.09. The molecule has 6 nitrogen and oxygen atoms in total. The van der Waals surface area contributed by atoms with Crippen LogP contribution in [0.1, 0.15) is 19.5 Å². The van der Waals surface area contributed by atoms with Crippen molar-refractivity contribution in [2.75, 3.05) is 5.32 Å². The fraction of sp³-hybridized carbons (Fsp3) is 0.0952.